The molecule has 1 aromatic carbocycles. The largest absolute Gasteiger partial charge is 0.481 e. The van der Waals surface area contributed by atoms with E-state index in [1.807, 2.05) is 13.8 Å². The molecule has 0 bridgehead atoms. The van der Waals surface area contributed by atoms with Gasteiger partial charge in [0.25, 0.3) is 5.91 Å². The lowest BCUT2D eigenvalue weighted by atomic mass is 10.0. The van der Waals surface area contributed by atoms with Crippen LogP contribution in [0.5, 0.6) is 5.75 Å². The summed E-state index contributed by atoms with van der Waals surface area (Å²) >= 11 is 0. The fourth-order valence-electron chi connectivity index (χ4n) is 1.48. The van der Waals surface area contributed by atoms with Crippen LogP contribution in [0.15, 0.2) is 18.2 Å². The highest BCUT2D eigenvalue weighted by atomic mass is 19.1. The molecule has 0 aliphatic rings. The monoisotopic (exact) mass is 287 g/mol. The lowest BCUT2D eigenvalue weighted by Crippen LogP contribution is -2.37. The van der Waals surface area contributed by atoms with E-state index in [0.717, 1.165) is 18.6 Å². The molecule has 2 N–H and O–H groups in total. The van der Waals surface area contributed by atoms with Crippen LogP contribution >= 0.6 is 0 Å². The molecule has 0 heterocycles. The van der Waals surface area contributed by atoms with Gasteiger partial charge in [-0.05, 0) is 18.1 Å². The van der Waals surface area contributed by atoms with Gasteiger partial charge in [-0.1, -0.05) is 20.3 Å². The minimum atomic E-state index is -0.863. The van der Waals surface area contributed by atoms with E-state index in [9.17, 15) is 18.7 Å². The highest BCUT2D eigenvalue weighted by Gasteiger charge is 2.14. The molecule has 0 saturated heterocycles. The Morgan fingerprint density at radius 2 is 2.15 bits per heavy atom. The Kier molecular flexibility index (Phi) is 6.38. The summed E-state index contributed by atoms with van der Waals surface area (Å²) in [5, 5.41) is 12.2. The van der Waals surface area contributed by atoms with Gasteiger partial charge >= 0.3 is 0 Å². The van der Waals surface area contributed by atoms with E-state index in [1.54, 1.807) is 0 Å². The minimum absolute atomic E-state index is 0.0748. The molecule has 0 aliphatic carbocycles. The van der Waals surface area contributed by atoms with Gasteiger partial charge in [-0.25, -0.2) is 8.78 Å². The number of ether oxygens (including phenoxy) is 1. The third-order valence-corrected chi connectivity index (χ3v) is 3.06. The first-order valence-electron chi connectivity index (χ1n) is 6.46. The third-order valence-electron chi connectivity index (χ3n) is 3.06. The molecule has 0 aromatic heterocycles. The maximum atomic E-state index is 13.2. The highest BCUT2D eigenvalue weighted by molar-refractivity contribution is 5.77. The van der Waals surface area contributed by atoms with E-state index < -0.39 is 30.3 Å². The summed E-state index contributed by atoms with van der Waals surface area (Å²) in [4.78, 5) is 11.5. The normalized spacial score (nSPS) is 13.7. The van der Waals surface area contributed by atoms with E-state index in [2.05, 4.69) is 5.32 Å². The van der Waals surface area contributed by atoms with Crippen molar-refractivity contribution in [2.24, 2.45) is 5.92 Å². The van der Waals surface area contributed by atoms with Crippen molar-refractivity contribution in [3.8, 4) is 5.75 Å². The Morgan fingerprint density at radius 3 is 2.75 bits per heavy atom. The summed E-state index contributed by atoms with van der Waals surface area (Å²) in [5.74, 6) is -2.17. The molecular formula is C14H19F2NO3. The van der Waals surface area contributed by atoms with Gasteiger partial charge in [-0.3, -0.25) is 4.79 Å². The Bertz CT molecular complexity index is 454. The number of amides is 1. The van der Waals surface area contributed by atoms with Crippen molar-refractivity contribution in [3.05, 3.63) is 29.8 Å². The van der Waals surface area contributed by atoms with Crippen LogP contribution in [0.2, 0.25) is 0 Å². The zero-order chi connectivity index (χ0) is 15.1. The number of hydrogen-bond donors (Lipinski definition) is 2. The molecule has 0 spiro atoms. The minimum Gasteiger partial charge on any atom is -0.481 e. The zero-order valence-corrected chi connectivity index (χ0v) is 11.5. The molecule has 2 atom stereocenters. The van der Waals surface area contributed by atoms with Crippen molar-refractivity contribution in [2.45, 2.75) is 26.4 Å². The molecule has 1 amide bonds. The Labute approximate surface area is 116 Å². The average Bonchev–Trinajstić information content (AvgIpc) is 2.42. The van der Waals surface area contributed by atoms with E-state index in [-0.39, 0.29) is 18.2 Å². The first-order chi connectivity index (χ1) is 9.43. The van der Waals surface area contributed by atoms with Crippen LogP contribution in [0.1, 0.15) is 20.3 Å². The molecule has 0 fully saturated rings. The summed E-state index contributed by atoms with van der Waals surface area (Å²) in [6, 6.07) is 2.84. The van der Waals surface area contributed by atoms with Crippen LogP contribution in [0.3, 0.4) is 0 Å². The second-order valence-corrected chi connectivity index (χ2v) is 4.62. The third kappa shape index (κ3) is 5.13. The molecule has 0 aliphatic heterocycles. The topological polar surface area (TPSA) is 58.6 Å². The molecule has 112 valence electrons. The molecule has 4 nitrogen and oxygen atoms in total. The van der Waals surface area contributed by atoms with Crippen LogP contribution in [0, 0.1) is 17.6 Å². The number of carbonyl (C=O) groups is 1. The summed E-state index contributed by atoms with van der Waals surface area (Å²) in [5.41, 5.74) is 0. The Hall–Kier alpha value is -1.69. The summed E-state index contributed by atoms with van der Waals surface area (Å²) in [6.45, 7) is 3.54. The number of hydrogen-bond acceptors (Lipinski definition) is 3. The van der Waals surface area contributed by atoms with Crippen LogP contribution in [-0.4, -0.2) is 30.3 Å². The number of rotatable bonds is 7. The maximum absolute atomic E-state index is 13.2. The van der Waals surface area contributed by atoms with Crippen molar-refractivity contribution >= 4 is 5.91 Å². The highest BCUT2D eigenvalue weighted by Crippen LogP contribution is 2.17. The van der Waals surface area contributed by atoms with E-state index in [0.29, 0.717) is 6.07 Å². The van der Waals surface area contributed by atoms with Gasteiger partial charge < -0.3 is 15.2 Å². The van der Waals surface area contributed by atoms with Crippen molar-refractivity contribution in [1.82, 2.24) is 5.32 Å². The van der Waals surface area contributed by atoms with E-state index >= 15 is 0 Å². The molecule has 20 heavy (non-hydrogen) atoms. The van der Waals surface area contributed by atoms with E-state index in [1.165, 1.54) is 0 Å². The predicted molar refractivity (Wildman–Crippen MR) is 70.3 cm³/mol. The molecule has 1 rings (SSSR count). The molecule has 0 saturated carbocycles. The van der Waals surface area contributed by atoms with Crippen LogP contribution < -0.4 is 10.1 Å². The number of halogens is 2. The standard InChI is InChI=1S/C14H19F2NO3/c1-3-9(2)12(18)7-17-14(19)8-20-13-5-4-10(15)6-11(13)16/h4-6,9,12,18H,3,7-8H2,1-2H3,(H,17,19). The van der Waals surface area contributed by atoms with Crippen LogP contribution in [0.25, 0.3) is 0 Å². The second-order valence-electron chi connectivity index (χ2n) is 4.62. The zero-order valence-electron chi connectivity index (χ0n) is 11.5. The molecule has 6 heteroatoms. The van der Waals surface area contributed by atoms with Crippen molar-refractivity contribution in [1.29, 1.82) is 0 Å². The fourth-order valence-corrected chi connectivity index (χ4v) is 1.48. The average molecular weight is 287 g/mol. The lowest BCUT2D eigenvalue weighted by molar-refractivity contribution is -0.123. The van der Waals surface area contributed by atoms with Gasteiger partial charge in [-0.2, -0.15) is 0 Å². The first-order valence-corrected chi connectivity index (χ1v) is 6.46. The molecule has 1 aromatic rings. The smallest absolute Gasteiger partial charge is 0.258 e. The van der Waals surface area contributed by atoms with Gasteiger partial charge in [0.05, 0.1) is 6.10 Å². The summed E-state index contributed by atoms with van der Waals surface area (Å²) < 4.78 is 30.8. The predicted octanol–water partition coefficient (Wildman–Crippen LogP) is 1.87. The molecule has 2 unspecified atom stereocenters. The van der Waals surface area contributed by atoms with Crippen molar-refractivity contribution < 1.29 is 23.4 Å². The summed E-state index contributed by atoms with van der Waals surface area (Å²) in [7, 11) is 0. The Morgan fingerprint density at radius 1 is 1.45 bits per heavy atom. The molecule has 0 radical (unpaired) electrons. The van der Waals surface area contributed by atoms with Crippen LogP contribution in [-0.2, 0) is 4.79 Å². The quantitative estimate of drug-likeness (QED) is 0.805. The van der Waals surface area contributed by atoms with E-state index in [4.69, 9.17) is 4.74 Å². The number of aliphatic hydroxyl groups is 1. The van der Waals surface area contributed by atoms with Crippen LogP contribution in [0.4, 0.5) is 8.78 Å². The van der Waals surface area contributed by atoms with Crippen molar-refractivity contribution in [2.75, 3.05) is 13.2 Å². The molecular weight excluding hydrogens is 268 g/mol. The number of carbonyl (C=O) groups excluding carboxylic acids is 1. The second kappa shape index (κ2) is 7.79. The van der Waals surface area contributed by atoms with Gasteiger partial charge in [0.15, 0.2) is 18.2 Å². The summed E-state index contributed by atoms with van der Waals surface area (Å²) in [6.07, 6.45) is 0.167. The number of benzene rings is 1. The number of aliphatic hydroxyl groups excluding tert-OH is 1. The van der Waals surface area contributed by atoms with Gasteiger partial charge in [0.2, 0.25) is 0 Å². The lowest BCUT2D eigenvalue weighted by Gasteiger charge is -2.17. The maximum Gasteiger partial charge on any atom is 0.258 e. The van der Waals surface area contributed by atoms with Gasteiger partial charge in [-0.15, -0.1) is 0 Å². The SMILES string of the molecule is CCC(C)C(O)CNC(=O)COc1ccc(F)cc1F. The van der Waals surface area contributed by atoms with Gasteiger partial charge in [0, 0.05) is 12.6 Å². The first kappa shape index (κ1) is 16.4. The van der Waals surface area contributed by atoms with Crippen molar-refractivity contribution in [3.63, 3.8) is 0 Å². The Balaban J connectivity index is 2.36. The number of nitrogens with one attached hydrogen (secondary N) is 1. The van der Waals surface area contributed by atoms with Gasteiger partial charge in [0.1, 0.15) is 5.82 Å². The fraction of sp³-hybridized carbons (Fsp3) is 0.500.